The van der Waals surface area contributed by atoms with Gasteiger partial charge >= 0.3 is 5.97 Å². The Labute approximate surface area is 147 Å². The first kappa shape index (κ1) is 18.7. The number of ketones is 1. The minimum atomic E-state index is -0.895. The zero-order valence-corrected chi connectivity index (χ0v) is 15.0. The second kappa shape index (κ2) is 7.09. The molecule has 6 heteroatoms. The van der Waals surface area contributed by atoms with E-state index in [4.69, 9.17) is 10.5 Å². The molecule has 1 atom stereocenters. The highest BCUT2D eigenvalue weighted by molar-refractivity contribution is 6.24. The number of nitrogen functional groups attached to an aromatic ring is 1. The number of hydrogen-bond donors (Lipinski definition) is 2. The molecule has 0 radical (unpaired) electrons. The van der Waals surface area contributed by atoms with Crippen LogP contribution in [0.3, 0.4) is 0 Å². The monoisotopic (exact) mass is 344 g/mol. The van der Waals surface area contributed by atoms with E-state index in [-0.39, 0.29) is 23.5 Å². The second-order valence-electron chi connectivity index (χ2n) is 6.81. The number of esters is 1. The number of carbonyl (C=O) groups is 2. The van der Waals surface area contributed by atoms with E-state index >= 15 is 0 Å². The molecular formula is C19H24N2O4. The lowest BCUT2D eigenvalue weighted by Crippen LogP contribution is -2.41. The topological polar surface area (TPSA) is 102 Å². The average Bonchev–Trinajstić information content (AvgIpc) is 2.54. The molecule has 134 valence electrons. The molecule has 0 aliphatic heterocycles. The first-order valence-electron chi connectivity index (χ1n) is 8.19. The van der Waals surface area contributed by atoms with Crippen molar-refractivity contribution < 1.29 is 19.4 Å². The molecule has 0 saturated heterocycles. The third-order valence-corrected chi connectivity index (χ3v) is 4.42. The molecular weight excluding hydrogens is 320 g/mol. The largest absolute Gasteiger partial charge is 0.511 e. The SMILES string of the molecule is CCC(=Nc1ccc(N)cc1)C1=C(O)C(C(=O)OC)C(C)(C)CC1=O. The van der Waals surface area contributed by atoms with Crippen molar-refractivity contribution >= 4 is 28.8 Å². The summed E-state index contributed by atoms with van der Waals surface area (Å²) in [7, 11) is 1.27. The number of anilines is 1. The van der Waals surface area contributed by atoms with Crippen LogP contribution in [0.1, 0.15) is 33.6 Å². The van der Waals surface area contributed by atoms with Gasteiger partial charge in [0.05, 0.1) is 24.1 Å². The van der Waals surface area contributed by atoms with Crippen molar-refractivity contribution in [2.24, 2.45) is 16.3 Å². The van der Waals surface area contributed by atoms with E-state index in [0.29, 0.717) is 23.5 Å². The van der Waals surface area contributed by atoms with Gasteiger partial charge in [0.2, 0.25) is 0 Å². The lowest BCUT2D eigenvalue weighted by molar-refractivity contribution is -0.150. The molecule has 1 unspecified atom stereocenters. The highest BCUT2D eigenvalue weighted by Gasteiger charge is 2.47. The van der Waals surface area contributed by atoms with Gasteiger partial charge in [-0.3, -0.25) is 14.6 Å². The molecule has 0 aromatic heterocycles. The minimum Gasteiger partial charge on any atom is -0.511 e. The highest BCUT2D eigenvalue weighted by atomic mass is 16.5. The molecule has 1 aromatic rings. The van der Waals surface area contributed by atoms with Crippen molar-refractivity contribution in [3.8, 4) is 0 Å². The summed E-state index contributed by atoms with van der Waals surface area (Å²) in [4.78, 5) is 29.3. The summed E-state index contributed by atoms with van der Waals surface area (Å²) in [6.07, 6.45) is 0.566. The molecule has 1 aromatic carbocycles. The van der Waals surface area contributed by atoms with Crippen LogP contribution in [0.25, 0.3) is 0 Å². The number of aliphatic hydroxyl groups excluding tert-OH is 1. The van der Waals surface area contributed by atoms with Gasteiger partial charge < -0.3 is 15.6 Å². The predicted molar refractivity (Wildman–Crippen MR) is 96.8 cm³/mol. The van der Waals surface area contributed by atoms with Gasteiger partial charge in [0.15, 0.2) is 5.78 Å². The minimum absolute atomic E-state index is 0.119. The number of ether oxygens (including phenoxy) is 1. The molecule has 1 aliphatic rings. The lowest BCUT2D eigenvalue weighted by Gasteiger charge is -2.36. The fourth-order valence-electron chi connectivity index (χ4n) is 3.14. The van der Waals surface area contributed by atoms with Crippen LogP contribution in [0.15, 0.2) is 40.6 Å². The highest BCUT2D eigenvalue weighted by Crippen LogP contribution is 2.42. The van der Waals surface area contributed by atoms with E-state index in [1.54, 1.807) is 38.1 Å². The fourth-order valence-corrected chi connectivity index (χ4v) is 3.14. The average molecular weight is 344 g/mol. The van der Waals surface area contributed by atoms with Crippen LogP contribution >= 0.6 is 0 Å². The summed E-state index contributed by atoms with van der Waals surface area (Å²) < 4.78 is 4.83. The number of nitrogens with two attached hydrogens (primary N) is 1. The standard InChI is InChI=1S/C19H24N2O4/c1-5-13(21-12-8-6-11(20)7-9-12)15-14(22)10-19(2,3)16(17(15)23)18(24)25-4/h6-9,16,23H,5,10,20H2,1-4H3. The Morgan fingerprint density at radius 2 is 1.96 bits per heavy atom. The number of benzene rings is 1. The molecule has 0 amide bonds. The summed E-state index contributed by atoms with van der Waals surface area (Å²) in [5.74, 6) is -1.94. The summed E-state index contributed by atoms with van der Waals surface area (Å²) in [6.45, 7) is 5.38. The van der Waals surface area contributed by atoms with E-state index in [2.05, 4.69) is 4.99 Å². The molecule has 1 aliphatic carbocycles. The number of nitrogens with zero attached hydrogens (tertiary/aromatic N) is 1. The van der Waals surface area contributed by atoms with Gasteiger partial charge in [0, 0.05) is 12.1 Å². The Kier molecular flexibility index (Phi) is 5.30. The van der Waals surface area contributed by atoms with Gasteiger partial charge in [0.1, 0.15) is 11.7 Å². The summed E-state index contributed by atoms with van der Waals surface area (Å²) in [5, 5.41) is 10.7. The van der Waals surface area contributed by atoms with Crippen LogP contribution in [0.4, 0.5) is 11.4 Å². The molecule has 0 spiro atoms. The molecule has 0 fully saturated rings. The van der Waals surface area contributed by atoms with Crippen LogP contribution in [-0.2, 0) is 14.3 Å². The van der Waals surface area contributed by atoms with Gasteiger partial charge in [-0.25, -0.2) is 0 Å². The zero-order valence-electron chi connectivity index (χ0n) is 15.0. The number of aliphatic imine (C=N–C) groups is 1. The molecule has 6 nitrogen and oxygen atoms in total. The number of methoxy groups -OCH3 is 1. The van der Waals surface area contributed by atoms with Crippen LogP contribution in [-0.4, -0.2) is 29.7 Å². The van der Waals surface area contributed by atoms with E-state index in [1.165, 1.54) is 7.11 Å². The smallest absolute Gasteiger partial charge is 0.316 e. The predicted octanol–water partition coefficient (Wildman–Crippen LogP) is 3.35. The van der Waals surface area contributed by atoms with Gasteiger partial charge in [-0.2, -0.15) is 0 Å². The van der Waals surface area contributed by atoms with E-state index in [1.807, 2.05) is 6.92 Å². The van der Waals surface area contributed by atoms with Gasteiger partial charge in [0.25, 0.3) is 0 Å². The molecule has 3 N–H and O–H groups in total. The second-order valence-corrected chi connectivity index (χ2v) is 6.81. The first-order valence-corrected chi connectivity index (χ1v) is 8.19. The zero-order chi connectivity index (χ0) is 18.8. The lowest BCUT2D eigenvalue weighted by atomic mass is 9.67. The third-order valence-electron chi connectivity index (χ3n) is 4.42. The van der Waals surface area contributed by atoms with E-state index in [9.17, 15) is 14.7 Å². The maximum absolute atomic E-state index is 12.7. The van der Waals surface area contributed by atoms with Crippen molar-refractivity contribution in [1.29, 1.82) is 0 Å². The Bertz CT molecular complexity index is 745. The Hall–Kier alpha value is -2.63. The Morgan fingerprint density at radius 3 is 2.48 bits per heavy atom. The Morgan fingerprint density at radius 1 is 1.36 bits per heavy atom. The number of hydrogen-bond acceptors (Lipinski definition) is 6. The first-order chi connectivity index (χ1) is 11.7. The van der Waals surface area contributed by atoms with Gasteiger partial charge in [-0.15, -0.1) is 0 Å². The number of carbonyl (C=O) groups excluding carboxylic acids is 2. The number of Topliss-reactive ketones (excluding diaryl/α,β-unsaturated/α-hetero) is 1. The summed E-state index contributed by atoms with van der Waals surface area (Å²) >= 11 is 0. The molecule has 2 rings (SSSR count). The molecule has 0 saturated carbocycles. The molecule has 0 heterocycles. The van der Waals surface area contributed by atoms with Crippen molar-refractivity contribution in [1.82, 2.24) is 0 Å². The van der Waals surface area contributed by atoms with Crippen LogP contribution in [0, 0.1) is 11.3 Å². The molecule has 25 heavy (non-hydrogen) atoms. The maximum Gasteiger partial charge on any atom is 0.316 e. The normalized spacial score (nSPS) is 20.6. The maximum atomic E-state index is 12.7. The van der Waals surface area contributed by atoms with Crippen LogP contribution in [0.2, 0.25) is 0 Å². The molecule has 0 bridgehead atoms. The van der Waals surface area contributed by atoms with Crippen molar-refractivity contribution in [3.63, 3.8) is 0 Å². The Balaban J connectivity index is 2.57. The van der Waals surface area contributed by atoms with Crippen LogP contribution in [0.5, 0.6) is 0 Å². The van der Waals surface area contributed by atoms with Crippen molar-refractivity contribution in [3.05, 3.63) is 35.6 Å². The summed E-state index contributed by atoms with van der Waals surface area (Å²) in [6, 6.07) is 6.89. The number of aliphatic hydroxyl groups is 1. The van der Waals surface area contributed by atoms with E-state index < -0.39 is 17.3 Å². The number of rotatable bonds is 4. The van der Waals surface area contributed by atoms with Crippen molar-refractivity contribution in [2.75, 3.05) is 12.8 Å². The van der Waals surface area contributed by atoms with Gasteiger partial charge in [-0.05, 0) is 36.1 Å². The number of allylic oxidation sites excluding steroid dienone is 1. The summed E-state index contributed by atoms with van der Waals surface area (Å²) in [5.41, 5.74) is 6.74. The fraction of sp³-hybridized carbons (Fsp3) is 0.421. The third kappa shape index (κ3) is 3.73. The van der Waals surface area contributed by atoms with Crippen LogP contribution < -0.4 is 5.73 Å². The quantitative estimate of drug-likeness (QED) is 0.495. The van der Waals surface area contributed by atoms with E-state index in [0.717, 1.165) is 0 Å². The van der Waals surface area contributed by atoms with Gasteiger partial charge in [-0.1, -0.05) is 20.8 Å². The van der Waals surface area contributed by atoms with Crippen molar-refractivity contribution in [2.45, 2.75) is 33.6 Å².